The van der Waals surface area contributed by atoms with Crippen molar-refractivity contribution in [2.24, 2.45) is 29.0 Å². The third kappa shape index (κ3) is 36.8. The lowest BCUT2D eigenvalue weighted by molar-refractivity contribution is -0.146. The van der Waals surface area contributed by atoms with Crippen molar-refractivity contribution in [3.63, 3.8) is 0 Å². The van der Waals surface area contributed by atoms with Crippen LogP contribution in [0.5, 0.6) is 0 Å². The van der Waals surface area contributed by atoms with Crippen LogP contribution in [0, 0.1) is 17.2 Å². The van der Waals surface area contributed by atoms with Gasteiger partial charge in [-0.1, -0.05) is 57.5 Å². The molecule has 0 spiro atoms. The van der Waals surface area contributed by atoms with Gasteiger partial charge in [0.15, 0.2) is 5.96 Å². The number of benzene rings is 1. The summed E-state index contributed by atoms with van der Waals surface area (Å²) in [5, 5.41) is 107. The van der Waals surface area contributed by atoms with Crippen LogP contribution in [0.2, 0.25) is 0 Å². The fourth-order valence-corrected chi connectivity index (χ4v) is 14.9. The van der Waals surface area contributed by atoms with Gasteiger partial charge in [0.05, 0.1) is 69.1 Å². The van der Waals surface area contributed by atoms with E-state index in [0.29, 0.717) is 33.5 Å². The van der Waals surface area contributed by atoms with Gasteiger partial charge in [-0.25, -0.2) is 9.37 Å². The van der Waals surface area contributed by atoms with E-state index in [-0.39, 0.29) is 43.6 Å². The summed E-state index contributed by atoms with van der Waals surface area (Å²) < 4.78 is 16.7. The number of aliphatic carboxylic acids is 3. The molecule has 6 rings (SSSR count). The summed E-state index contributed by atoms with van der Waals surface area (Å²) >= 11 is 1.46. The van der Waals surface area contributed by atoms with E-state index in [9.17, 15) is 126 Å². The highest BCUT2D eigenvalue weighted by molar-refractivity contribution is 7.98. The number of aromatic amines is 2. The predicted octanol–water partition coefficient (Wildman–Crippen LogP) is -10.4. The molecule has 56 heteroatoms. The largest absolute Gasteiger partial charge is 0.481 e. The third-order valence-corrected chi connectivity index (χ3v) is 22.9. The van der Waals surface area contributed by atoms with Crippen LogP contribution in [0.15, 0.2) is 49.2 Å². The summed E-state index contributed by atoms with van der Waals surface area (Å²) in [5.41, 5.74) is 18.4. The van der Waals surface area contributed by atoms with E-state index in [2.05, 4.69) is 116 Å². The number of halogens is 1. The molecule has 31 N–H and O–H groups in total. The molecule has 2 aliphatic rings. The second-order valence-corrected chi connectivity index (χ2v) is 34.5. The Hall–Kier alpha value is -14.6. The highest BCUT2D eigenvalue weighted by atomic mass is 32.2. The minimum absolute atomic E-state index is 0.0677. The summed E-state index contributed by atoms with van der Waals surface area (Å²) in [4.78, 5) is 299. The Labute approximate surface area is 798 Å². The number of guanidine groups is 1. The van der Waals surface area contributed by atoms with Gasteiger partial charge in [-0.3, -0.25) is 111 Å². The maximum absolute atomic E-state index is 15.7. The van der Waals surface area contributed by atoms with Crippen LogP contribution in [-0.2, 0) is 126 Å². The first-order valence-electron chi connectivity index (χ1n) is 44.4. The fraction of sp³-hybridized carbons (Fsp3) is 0.578. The quantitative estimate of drug-likeness (QED) is 0.0111. The number of primary amides is 1. The molecule has 0 aliphatic carbocycles. The van der Waals surface area contributed by atoms with Gasteiger partial charge in [0.25, 0.3) is 0 Å². The van der Waals surface area contributed by atoms with Gasteiger partial charge in [0.2, 0.25) is 106 Å². The number of nitrogens with two attached hydrogens (primary N) is 3. The molecule has 0 radical (unpaired) electrons. The number of nitrogens with one attached hydrogen (secondary N) is 20. The number of alkyl halides is 1. The highest BCUT2D eigenvalue weighted by Gasteiger charge is 2.46. The number of carboxylic acid groups (broad SMARTS) is 3. The van der Waals surface area contributed by atoms with Gasteiger partial charge in [0, 0.05) is 81.1 Å². The molecule has 1 aromatic carbocycles. The minimum Gasteiger partial charge on any atom is -0.481 e. The number of para-hydroxylation sites is 1. The Morgan fingerprint density at radius 1 is 0.655 bits per heavy atom. The zero-order valence-corrected chi connectivity index (χ0v) is 78.0. The number of aliphatic hydroxyl groups excluding tert-OH is 2. The molecule has 1 saturated heterocycles. The number of aliphatic hydroxyl groups is 2. The maximum atomic E-state index is 15.7. The van der Waals surface area contributed by atoms with Gasteiger partial charge in [-0.05, 0) is 87.8 Å². The van der Waals surface area contributed by atoms with Crippen LogP contribution in [-0.4, -0.2) is 345 Å². The summed E-state index contributed by atoms with van der Waals surface area (Å²) in [7, 11) is 0. The number of thioether (sulfide) groups is 1. The van der Waals surface area contributed by atoms with Crippen molar-refractivity contribution < 1.29 is 131 Å². The average Bonchev–Trinajstić information content (AvgIpc) is 1.66. The number of carbonyl (C=O) groups excluding carboxylic acids is 18. The molecule has 1 fully saturated rings. The number of rotatable bonds is 45. The number of aromatic nitrogens is 6. The van der Waals surface area contributed by atoms with Crippen LogP contribution in [0.1, 0.15) is 129 Å². The van der Waals surface area contributed by atoms with E-state index in [1.165, 1.54) is 31.2 Å². The summed E-state index contributed by atoms with van der Waals surface area (Å²) in [5.74, 6) is -26.5. The monoisotopic (exact) mass is 1980 g/mol. The SMILES string of the molecule is CC[C@H](C)[C@H](NC(=O)[C@H](CO)NC(=O)[C@H](C)NC(=O)[C@@H](N)CCSC)C(=O)N[C@@H](Cc1c[nH]c2ccccc12)C(=O)N[C@H](C(=O)NCC(=O)N[C@@H](Cc1c[nH]cn1)C(=O)N[C@@H](CCCNC(=N)N)C(=O)NCC(=O)N[C@H]1CCn2cc(nn2)C[C@@H](C(N)=O)NC(=O)[C@H](CCC(=O)O)NC(=O)CNC(=O)[C@H]([C@@H](C)O)NC(=O)[C@H](CCC(=O)O)NC(=O)[C@@H]2C[C@H](F)CN2C(=O)[C@H](CC(=O)O)NC1=O)C(C)C. The van der Waals surface area contributed by atoms with Crippen molar-refractivity contribution in [3.05, 3.63) is 66.1 Å². The van der Waals surface area contributed by atoms with E-state index >= 15 is 4.39 Å². The molecule has 5 heterocycles. The molecule has 0 unspecified atom stereocenters. The molecule has 18 atom stereocenters. The zero-order valence-electron chi connectivity index (χ0n) is 77.2. The number of imidazole rings is 1. The topological polar surface area (TPSA) is 844 Å². The van der Waals surface area contributed by atoms with Crippen molar-refractivity contribution in [1.82, 2.24) is 125 Å². The summed E-state index contributed by atoms with van der Waals surface area (Å²) in [6.07, 6.45) is -3.73. The Bertz CT molecular complexity index is 5040. The van der Waals surface area contributed by atoms with E-state index in [1.54, 1.807) is 58.2 Å². The molecule has 2 bridgehead atoms. The molecule has 764 valence electrons. The second-order valence-electron chi connectivity index (χ2n) is 33.5. The first-order chi connectivity index (χ1) is 65.7. The number of aryl methyl sites for hydroxylation is 1. The molecule has 0 saturated carbocycles. The first-order valence-corrected chi connectivity index (χ1v) is 45.8. The highest BCUT2D eigenvalue weighted by Crippen LogP contribution is 2.25. The minimum atomic E-state index is -2.26. The molecule has 3 aromatic heterocycles. The van der Waals surface area contributed by atoms with E-state index < -0.39 is 342 Å². The standard InChI is InChI=1S/C83H123FN28O26S/c1-8-39(4)66(107-77(133)57(36-113)105-69(125)40(5)96-70(126)47(85)20-23-139-7)81(137)103-54(24-42-29-91-48-13-10-9-12-46(42)48)76(132)106-65(38(2)3)79(135)93-33-61(117)99-55(26-44-30-89-37-95-44)75(131)100-49(14-11-21-90-83(87)88)71(127)92-31-59(115)98-52-19-22-111-35-45(109-110-111)27-53(68(86)124)102-72(128)50(15-17-62(118)119)97-60(116)32-94-80(136)67(41(6)114)108-74(130)51(16-18-63(120)121)101-78(134)58-25-43(84)34-112(58)82(138)56(28-64(122)123)104-73(52)129/h9-10,12-13,29-30,35,37-41,43,47,49-58,65-67,91,113-114H,8,11,14-28,31-34,36,85H2,1-7H3,(H2,86,124)(H,89,95)(H,92,127)(H,93,135)(H,94,136)(H,96,126)(H,97,116)(H,98,115)(H,99,117)(H,100,131)(H,101,134)(H,102,128)(H,103,137)(H,104,129)(H,105,125)(H,106,132)(H,107,133)(H,108,130)(H,118,119)(H,120,121)(H,122,123)(H4,87,88,90)/t39-,40-,41+,43-,47-,49-,50-,51-,52-,53-,54-,55-,56-,57-,58-,65-,66-,67-/m0/s1. The predicted molar refractivity (Wildman–Crippen MR) is 486 cm³/mol. The zero-order chi connectivity index (χ0) is 103. The second kappa shape index (κ2) is 55.6. The van der Waals surface area contributed by atoms with E-state index in [1.807, 2.05) is 6.26 Å². The van der Waals surface area contributed by atoms with Gasteiger partial charge in [0.1, 0.15) is 90.8 Å². The lowest BCUT2D eigenvalue weighted by atomic mass is 9.96. The first kappa shape index (κ1) is 113. The molecule has 18 amide bonds. The smallest absolute Gasteiger partial charge is 0.305 e. The van der Waals surface area contributed by atoms with Gasteiger partial charge >= 0.3 is 17.9 Å². The van der Waals surface area contributed by atoms with Crippen molar-refractivity contribution in [3.8, 4) is 0 Å². The number of H-pyrrole nitrogens is 2. The number of carboxylic acids is 3. The van der Waals surface area contributed by atoms with Gasteiger partial charge in [-0.15, -0.1) is 5.10 Å². The van der Waals surface area contributed by atoms with Gasteiger partial charge < -0.3 is 148 Å². The fourth-order valence-electron chi connectivity index (χ4n) is 14.4. The summed E-state index contributed by atoms with van der Waals surface area (Å²) in [6, 6.07) is -18.3. The van der Waals surface area contributed by atoms with Crippen LogP contribution in [0.25, 0.3) is 10.9 Å². The lowest BCUT2D eigenvalue weighted by Gasteiger charge is -2.30. The van der Waals surface area contributed by atoms with Crippen LogP contribution in [0.3, 0.4) is 0 Å². The Morgan fingerprint density at radius 3 is 1.90 bits per heavy atom. The van der Waals surface area contributed by atoms with Crippen molar-refractivity contribution in [2.45, 2.75) is 241 Å². The molecular weight excluding hydrogens is 1860 g/mol. The van der Waals surface area contributed by atoms with Crippen molar-refractivity contribution >= 4 is 153 Å². The molecular formula is C83H123FN28O26S. The molecule has 2 aliphatic heterocycles. The Balaban J connectivity index is 1.25. The van der Waals surface area contributed by atoms with Crippen molar-refractivity contribution in [2.75, 3.05) is 51.3 Å². The maximum Gasteiger partial charge on any atom is 0.305 e. The number of fused-ring (bicyclic) bond motifs is 4. The number of hydrogen-bond donors (Lipinski definition) is 28. The van der Waals surface area contributed by atoms with E-state index in [0.717, 1.165) is 17.8 Å². The average molecular weight is 1980 g/mol. The Kier molecular flexibility index (Phi) is 45.2. The van der Waals surface area contributed by atoms with Crippen molar-refractivity contribution in [1.29, 1.82) is 5.41 Å². The number of amides is 18. The lowest BCUT2D eigenvalue weighted by Crippen LogP contribution is -2.61. The third-order valence-electron chi connectivity index (χ3n) is 22.2. The molecule has 54 nitrogen and oxygen atoms in total. The van der Waals surface area contributed by atoms with Crippen LogP contribution >= 0.6 is 11.8 Å². The van der Waals surface area contributed by atoms with Gasteiger partial charge in [-0.2, -0.15) is 11.8 Å². The van der Waals surface area contributed by atoms with Crippen LogP contribution in [0.4, 0.5) is 4.39 Å². The van der Waals surface area contributed by atoms with Crippen LogP contribution < -0.4 is 108 Å². The van der Waals surface area contributed by atoms with E-state index in [4.69, 9.17) is 22.6 Å². The number of carbonyl (C=O) groups is 21. The number of nitrogens with zero attached hydrogens (tertiary/aromatic N) is 5. The normalized spacial score (nSPS) is 20.3. The summed E-state index contributed by atoms with van der Waals surface area (Å²) in [6.45, 7) is 3.19. The number of hydrogen-bond acceptors (Lipinski definition) is 29. The molecule has 4 aromatic rings. The molecule has 139 heavy (non-hydrogen) atoms. The Morgan fingerprint density at radius 2 is 1.27 bits per heavy atom.